The molecule has 4 heteroatoms. The van der Waals surface area contributed by atoms with Crippen LogP contribution in [0.2, 0.25) is 0 Å². The summed E-state index contributed by atoms with van der Waals surface area (Å²) in [6.07, 6.45) is 28.4. The molecule has 4 N–H and O–H groups in total. The number of phenolic OH excluding ortho intramolecular Hbond substituents is 2. The van der Waals surface area contributed by atoms with E-state index in [1.54, 1.807) is 0 Å². The second-order valence-electron chi connectivity index (χ2n) is 16.9. The lowest BCUT2D eigenvalue weighted by Gasteiger charge is -2.31. The molecule has 1 atom stereocenters. The van der Waals surface area contributed by atoms with Crippen molar-refractivity contribution >= 4 is 20.2 Å². The lowest BCUT2D eigenvalue weighted by atomic mass is 9.74. The third-order valence-electron chi connectivity index (χ3n) is 13.3. The van der Waals surface area contributed by atoms with Gasteiger partial charge < -0.3 is 15.9 Å². The minimum atomic E-state index is 0.259. The maximum absolute atomic E-state index is 9.86. The average Bonchev–Trinajstić information content (AvgIpc) is 3.08. The third-order valence-corrected chi connectivity index (χ3v) is 13.7. The lowest BCUT2D eigenvalue weighted by molar-refractivity contribution is 0.237. The molecule has 47 heavy (non-hydrogen) atoms. The molecule has 3 nitrogen and oxygen atoms in total. The number of nitrogen functional groups attached to an aromatic ring is 1. The number of aryl methyl sites for hydroxylation is 1. The van der Waals surface area contributed by atoms with Gasteiger partial charge in [-0.05, 0) is 141 Å². The van der Waals surface area contributed by atoms with Gasteiger partial charge in [0.15, 0.2) is 0 Å². The van der Waals surface area contributed by atoms with Crippen LogP contribution >= 0.6 is 9.24 Å². The quantitative estimate of drug-likeness (QED) is 0.150. The first-order valence-corrected chi connectivity index (χ1v) is 20.4. The summed E-state index contributed by atoms with van der Waals surface area (Å²) in [6.45, 7) is 6.78. The Bertz CT molecular complexity index is 1210. The number of anilines is 1. The van der Waals surface area contributed by atoms with Crippen molar-refractivity contribution in [2.75, 3.05) is 5.73 Å². The fraction of sp³-hybridized carbons (Fsp3) is 0.721. The number of hydrogen-bond acceptors (Lipinski definition) is 3. The molecule has 0 radical (unpaired) electrons. The second-order valence-corrected chi connectivity index (χ2v) is 17.6. The Balaban J connectivity index is 0.000000185. The number of phenols is 2. The number of nitrogens with two attached hydrogens (primary N) is 1. The summed E-state index contributed by atoms with van der Waals surface area (Å²) in [6, 6.07) is 10.3. The van der Waals surface area contributed by atoms with Gasteiger partial charge >= 0.3 is 0 Å². The van der Waals surface area contributed by atoms with Crippen LogP contribution < -0.4 is 11.0 Å². The molecule has 262 valence electrons. The summed E-state index contributed by atoms with van der Waals surface area (Å²) < 4.78 is 0. The lowest BCUT2D eigenvalue weighted by Crippen LogP contribution is -2.17. The maximum Gasteiger partial charge on any atom is 0.141 e. The monoisotopic (exact) mass is 661 g/mol. The predicted octanol–water partition coefficient (Wildman–Crippen LogP) is 11.9. The Morgan fingerprint density at radius 2 is 0.979 bits per heavy atom. The second kappa shape index (κ2) is 17.8. The van der Waals surface area contributed by atoms with Gasteiger partial charge in [-0.25, -0.2) is 0 Å². The van der Waals surface area contributed by atoms with E-state index in [9.17, 15) is 10.2 Å². The molecule has 4 saturated carbocycles. The highest BCUT2D eigenvalue weighted by atomic mass is 31.0. The van der Waals surface area contributed by atoms with Gasteiger partial charge in [0.2, 0.25) is 0 Å². The van der Waals surface area contributed by atoms with Crippen LogP contribution in [0.25, 0.3) is 0 Å². The van der Waals surface area contributed by atoms with E-state index in [1.807, 2.05) is 19.1 Å². The highest BCUT2D eigenvalue weighted by molar-refractivity contribution is 7.27. The van der Waals surface area contributed by atoms with Crippen LogP contribution in [-0.4, -0.2) is 10.2 Å². The molecule has 2 aromatic rings. The van der Waals surface area contributed by atoms with Gasteiger partial charge in [0.05, 0.1) is 5.69 Å². The van der Waals surface area contributed by atoms with E-state index in [1.165, 1.54) is 140 Å². The van der Waals surface area contributed by atoms with Crippen molar-refractivity contribution in [3.63, 3.8) is 0 Å². The van der Waals surface area contributed by atoms with Crippen molar-refractivity contribution in [2.24, 2.45) is 35.5 Å². The summed E-state index contributed by atoms with van der Waals surface area (Å²) >= 11 is 0. The van der Waals surface area contributed by atoms with Crippen LogP contribution in [0.15, 0.2) is 30.3 Å². The van der Waals surface area contributed by atoms with Gasteiger partial charge in [0, 0.05) is 5.30 Å². The topological polar surface area (TPSA) is 66.5 Å². The van der Waals surface area contributed by atoms with E-state index in [0.717, 1.165) is 46.4 Å². The molecule has 0 amide bonds. The van der Waals surface area contributed by atoms with E-state index < -0.39 is 0 Å². The molecule has 4 aliphatic carbocycles. The first-order valence-electron chi connectivity index (χ1n) is 19.8. The number of aromatic hydroxyl groups is 2. The Morgan fingerprint density at radius 1 is 0.574 bits per heavy atom. The summed E-state index contributed by atoms with van der Waals surface area (Å²) in [5.41, 5.74) is 10.2. The third kappa shape index (κ3) is 10.9. The number of hydrogen-bond donors (Lipinski definition) is 3. The Morgan fingerprint density at radius 3 is 1.38 bits per heavy atom. The molecular formula is C43H68NO2P. The SMILES string of the molecule is CC1CCC(CCC2CCC(c3ccc(O)c(P)c3)CC2)CC1.Cc1cc(C2CCC(CCC3CCC(C)CC3)CC2)cc(N)c1O. The minimum Gasteiger partial charge on any atom is -0.507 e. The zero-order valence-electron chi connectivity index (χ0n) is 30.2. The standard InChI is InChI=1S/C22H35NO.C21H33OP/c1-15-3-5-17(6-4-15)7-8-18-9-11-19(12-10-18)20-13-16(2)22(24)21(23)14-20;1-15-2-4-16(5-3-15)6-7-17-8-10-18(11-9-17)19-12-13-20(22)21(23)14-19/h13-15,17-19,24H,3-12,23H2,1-2H3;12-18,22H,2-11,23H2,1H3. The average molecular weight is 662 g/mol. The van der Waals surface area contributed by atoms with Gasteiger partial charge in [0.25, 0.3) is 0 Å². The van der Waals surface area contributed by atoms with Gasteiger partial charge in [-0.15, -0.1) is 9.24 Å². The Labute approximate surface area is 290 Å². The van der Waals surface area contributed by atoms with E-state index in [0.29, 0.717) is 23.3 Å². The fourth-order valence-electron chi connectivity index (χ4n) is 9.65. The van der Waals surface area contributed by atoms with Crippen molar-refractivity contribution in [1.82, 2.24) is 0 Å². The van der Waals surface area contributed by atoms with E-state index in [4.69, 9.17) is 5.73 Å². The summed E-state index contributed by atoms with van der Waals surface area (Å²) in [7, 11) is 2.65. The highest BCUT2D eigenvalue weighted by Gasteiger charge is 2.26. The van der Waals surface area contributed by atoms with Crippen LogP contribution in [-0.2, 0) is 0 Å². The van der Waals surface area contributed by atoms with Crippen molar-refractivity contribution < 1.29 is 10.2 Å². The van der Waals surface area contributed by atoms with Gasteiger partial charge in [-0.2, -0.15) is 0 Å². The molecule has 6 rings (SSSR count). The molecule has 1 unspecified atom stereocenters. The molecule has 4 aliphatic rings. The van der Waals surface area contributed by atoms with Crippen molar-refractivity contribution in [1.29, 1.82) is 0 Å². The molecule has 0 aromatic heterocycles. The normalized spacial score (nSPS) is 31.5. The van der Waals surface area contributed by atoms with Gasteiger partial charge in [-0.3, -0.25) is 0 Å². The van der Waals surface area contributed by atoms with E-state index in [-0.39, 0.29) is 5.75 Å². The van der Waals surface area contributed by atoms with Crippen LogP contribution in [0, 0.1) is 42.4 Å². The molecule has 4 fully saturated rings. The zero-order chi connectivity index (χ0) is 33.3. The van der Waals surface area contributed by atoms with Crippen LogP contribution in [0.3, 0.4) is 0 Å². The fourth-order valence-corrected chi connectivity index (χ4v) is 9.93. The van der Waals surface area contributed by atoms with Gasteiger partial charge in [-0.1, -0.05) is 103 Å². The summed E-state index contributed by atoms with van der Waals surface area (Å²) in [5.74, 6) is 7.91. The minimum absolute atomic E-state index is 0.259. The van der Waals surface area contributed by atoms with Crippen LogP contribution in [0.1, 0.15) is 171 Å². The molecule has 0 bridgehead atoms. The number of rotatable bonds is 8. The van der Waals surface area contributed by atoms with Crippen molar-refractivity contribution in [2.45, 2.75) is 161 Å². The number of benzene rings is 2. The van der Waals surface area contributed by atoms with E-state index in [2.05, 4.69) is 41.3 Å². The smallest absolute Gasteiger partial charge is 0.141 e. The molecule has 0 aliphatic heterocycles. The summed E-state index contributed by atoms with van der Waals surface area (Å²) in [4.78, 5) is 0. The molecule has 2 aromatic carbocycles. The largest absolute Gasteiger partial charge is 0.507 e. The highest BCUT2D eigenvalue weighted by Crippen LogP contribution is 2.42. The maximum atomic E-state index is 9.86. The molecule has 0 spiro atoms. The van der Waals surface area contributed by atoms with Crippen molar-refractivity contribution in [3.05, 3.63) is 47.0 Å². The molecule has 0 saturated heterocycles. The first-order chi connectivity index (χ1) is 22.6. The molecular weight excluding hydrogens is 593 g/mol. The van der Waals surface area contributed by atoms with E-state index >= 15 is 0 Å². The van der Waals surface area contributed by atoms with Gasteiger partial charge in [0.1, 0.15) is 11.5 Å². The zero-order valence-corrected chi connectivity index (χ0v) is 31.4. The molecule has 0 heterocycles. The van der Waals surface area contributed by atoms with Crippen LogP contribution in [0.5, 0.6) is 11.5 Å². The van der Waals surface area contributed by atoms with Crippen molar-refractivity contribution in [3.8, 4) is 11.5 Å². The van der Waals surface area contributed by atoms with Crippen LogP contribution in [0.4, 0.5) is 5.69 Å². The predicted molar refractivity (Wildman–Crippen MR) is 205 cm³/mol. The Kier molecular flexibility index (Phi) is 13.8. The first kappa shape index (κ1) is 36.5. The summed E-state index contributed by atoms with van der Waals surface area (Å²) in [5, 5.41) is 20.5. The Hall–Kier alpha value is -1.73.